The van der Waals surface area contributed by atoms with Gasteiger partial charge in [0.05, 0.1) is 12.9 Å². The number of imide groups is 1. The first-order valence-electron chi connectivity index (χ1n) is 4.84. The number of amides is 2. The highest BCUT2D eigenvalue weighted by Crippen LogP contribution is 2.19. The quantitative estimate of drug-likeness (QED) is 0.513. The van der Waals surface area contributed by atoms with Crippen molar-refractivity contribution in [3.05, 3.63) is 20.3 Å². The maximum absolute atomic E-state index is 11.5. The van der Waals surface area contributed by atoms with Gasteiger partial charge >= 0.3 is 0 Å². The molecule has 1 aromatic rings. The zero-order chi connectivity index (χ0) is 12.6. The largest absolute Gasteiger partial charge is 0.334 e. The molecule has 1 aromatic heterocycles. The molecule has 0 aliphatic carbocycles. The van der Waals surface area contributed by atoms with Crippen molar-refractivity contribution in [2.24, 2.45) is 0 Å². The molecular weight excluding hydrogens is 339 g/mol. The van der Waals surface area contributed by atoms with Crippen LogP contribution >= 0.6 is 22.6 Å². The van der Waals surface area contributed by atoms with Gasteiger partial charge in [-0.05, 0) is 29.5 Å². The maximum Gasteiger partial charge on any atom is 0.266 e. The van der Waals surface area contributed by atoms with Crippen LogP contribution in [0.25, 0.3) is 0 Å². The average molecular weight is 348 g/mol. The van der Waals surface area contributed by atoms with Crippen LogP contribution in [0.4, 0.5) is 5.82 Å². The number of nitrogens with zero attached hydrogens (tertiary/aromatic N) is 2. The number of hydrogen-bond acceptors (Lipinski definition) is 5. The van der Waals surface area contributed by atoms with Gasteiger partial charge < -0.3 is 9.88 Å². The summed E-state index contributed by atoms with van der Waals surface area (Å²) in [4.78, 5) is 42.2. The van der Waals surface area contributed by atoms with Crippen LogP contribution in [-0.2, 0) is 9.59 Å². The molecule has 1 saturated heterocycles. The van der Waals surface area contributed by atoms with Crippen molar-refractivity contribution in [2.75, 3.05) is 11.4 Å². The third-order valence-corrected chi connectivity index (χ3v) is 3.45. The van der Waals surface area contributed by atoms with Gasteiger partial charge in [0.1, 0.15) is 9.61 Å². The highest BCUT2D eigenvalue weighted by atomic mass is 127. The van der Waals surface area contributed by atoms with Gasteiger partial charge in [-0.25, -0.2) is 4.98 Å². The van der Waals surface area contributed by atoms with E-state index >= 15 is 0 Å². The lowest BCUT2D eigenvalue weighted by Gasteiger charge is -2.32. The maximum atomic E-state index is 11.5. The number of carbonyl (C=O) groups excluding carboxylic acids is 2. The number of rotatable bonds is 1. The van der Waals surface area contributed by atoms with E-state index in [-0.39, 0.29) is 18.0 Å². The number of halogens is 1. The van der Waals surface area contributed by atoms with Gasteiger partial charge in [-0.3, -0.25) is 19.7 Å². The van der Waals surface area contributed by atoms with Crippen LogP contribution in [0, 0.1) is 3.57 Å². The van der Waals surface area contributed by atoms with E-state index in [1.807, 2.05) is 22.6 Å². The van der Waals surface area contributed by atoms with E-state index in [4.69, 9.17) is 0 Å². The normalized spacial score (nSPS) is 20.4. The molecule has 1 fully saturated rings. The molecule has 1 aliphatic rings. The van der Waals surface area contributed by atoms with Gasteiger partial charge in [0.2, 0.25) is 11.8 Å². The summed E-state index contributed by atoms with van der Waals surface area (Å²) in [5.41, 5.74) is -0.291. The van der Waals surface area contributed by atoms with E-state index in [2.05, 4.69) is 15.3 Å². The minimum absolute atomic E-state index is 0.0133. The summed E-state index contributed by atoms with van der Waals surface area (Å²) in [5, 5.41) is 2.23. The minimum Gasteiger partial charge on any atom is -0.334 e. The Kier molecular flexibility index (Phi) is 3.13. The van der Waals surface area contributed by atoms with Gasteiger partial charge in [-0.1, -0.05) is 0 Å². The van der Waals surface area contributed by atoms with E-state index in [9.17, 15) is 14.4 Å². The van der Waals surface area contributed by atoms with Crippen LogP contribution in [0.2, 0.25) is 0 Å². The van der Waals surface area contributed by atoms with Gasteiger partial charge in [0, 0.05) is 0 Å². The Labute approximate surface area is 110 Å². The number of hydrogen-bond donors (Lipinski definition) is 2. The van der Waals surface area contributed by atoms with Crippen molar-refractivity contribution < 1.29 is 9.59 Å². The summed E-state index contributed by atoms with van der Waals surface area (Å²) >= 11 is 1.84. The molecular formula is C9H9IN4O3. The molecule has 1 atom stereocenters. The summed E-state index contributed by atoms with van der Waals surface area (Å²) in [5.74, 6) is -0.435. The number of carbonyl (C=O) groups is 2. The molecule has 0 saturated carbocycles. The van der Waals surface area contributed by atoms with E-state index in [1.54, 1.807) is 6.92 Å². The Morgan fingerprint density at radius 2 is 2.18 bits per heavy atom. The second kappa shape index (κ2) is 4.43. The zero-order valence-corrected chi connectivity index (χ0v) is 11.0. The topological polar surface area (TPSA) is 95.2 Å². The molecule has 2 amide bonds. The van der Waals surface area contributed by atoms with E-state index in [0.29, 0.717) is 9.39 Å². The number of nitrogens with one attached hydrogen (secondary N) is 2. The van der Waals surface area contributed by atoms with Crippen LogP contribution in [0.3, 0.4) is 0 Å². The predicted octanol–water partition coefficient (Wildman–Crippen LogP) is -0.774. The fraction of sp³-hybridized carbons (Fsp3) is 0.333. The SMILES string of the molecule is CC1C(=O)NC(=O)CN1c1nc[nH]c(=O)c1I. The molecule has 0 aromatic carbocycles. The van der Waals surface area contributed by atoms with Gasteiger partial charge in [0.15, 0.2) is 5.82 Å². The fourth-order valence-corrected chi connectivity index (χ4v) is 2.15. The van der Waals surface area contributed by atoms with Crippen molar-refractivity contribution in [3.8, 4) is 0 Å². The lowest BCUT2D eigenvalue weighted by Crippen LogP contribution is -2.57. The standard InChI is InChI=1S/C9H9IN4O3/c1-4-8(16)13-5(15)2-14(4)7-6(10)9(17)12-3-11-7/h3-4H,2H2,1H3,(H,11,12,17)(H,13,15,16). The number of aromatic nitrogens is 2. The first-order valence-corrected chi connectivity index (χ1v) is 5.92. The lowest BCUT2D eigenvalue weighted by molar-refractivity contribution is -0.132. The molecule has 2 heterocycles. The Hall–Kier alpha value is -1.45. The van der Waals surface area contributed by atoms with Gasteiger partial charge in [-0.2, -0.15) is 0 Å². The lowest BCUT2D eigenvalue weighted by atomic mass is 10.2. The Morgan fingerprint density at radius 1 is 1.47 bits per heavy atom. The van der Waals surface area contributed by atoms with Crippen molar-refractivity contribution in [2.45, 2.75) is 13.0 Å². The van der Waals surface area contributed by atoms with Crippen LogP contribution in [0.5, 0.6) is 0 Å². The third kappa shape index (κ3) is 2.16. The number of aromatic amines is 1. The van der Waals surface area contributed by atoms with E-state index in [1.165, 1.54) is 11.2 Å². The molecule has 0 bridgehead atoms. The smallest absolute Gasteiger partial charge is 0.266 e. The fourth-order valence-electron chi connectivity index (χ4n) is 1.55. The molecule has 0 radical (unpaired) electrons. The molecule has 2 rings (SSSR count). The van der Waals surface area contributed by atoms with Crippen LogP contribution in [0.1, 0.15) is 6.92 Å². The molecule has 2 N–H and O–H groups in total. The van der Waals surface area contributed by atoms with Crippen molar-refractivity contribution >= 4 is 40.2 Å². The zero-order valence-electron chi connectivity index (χ0n) is 8.86. The highest BCUT2D eigenvalue weighted by Gasteiger charge is 2.32. The Balaban J connectivity index is 2.45. The molecule has 7 nitrogen and oxygen atoms in total. The average Bonchev–Trinajstić information content (AvgIpc) is 2.27. The minimum atomic E-state index is -0.532. The first kappa shape index (κ1) is 12.0. The molecule has 90 valence electrons. The van der Waals surface area contributed by atoms with Gasteiger partial charge in [0.25, 0.3) is 5.56 Å². The second-order valence-corrected chi connectivity index (χ2v) is 4.66. The summed E-state index contributed by atoms with van der Waals surface area (Å²) < 4.78 is 0.361. The van der Waals surface area contributed by atoms with Crippen LogP contribution in [0.15, 0.2) is 11.1 Å². The summed E-state index contributed by atoms with van der Waals surface area (Å²) in [7, 11) is 0. The van der Waals surface area contributed by atoms with Gasteiger partial charge in [-0.15, -0.1) is 0 Å². The molecule has 1 unspecified atom stereocenters. The number of anilines is 1. The van der Waals surface area contributed by atoms with Crippen molar-refractivity contribution in [1.82, 2.24) is 15.3 Å². The highest BCUT2D eigenvalue weighted by molar-refractivity contribution is 14.1. The monoisotopic (exact) mass is 348 g/mol. The third-order valence-electron chi connectivity index (χ3n) is 2.47. The second-order valence-electron chi connectivity index (χ2n) is 3.59. The summed E-state index contributed by atoms with van der Waals surface area (Å²) in [6.07, 6.45) is 1.25. The number of H-pyrrole nitrogens is 1. The molecule has 8 heteroatoms. The summed E-state index contributed by atoms with van der Waals surface area (Å²) in [6.45, 7) is 1.67. The van der Waals surface area contributed by atoms with E-state index < -0.39 is 11.9 Å². The molecule has 17 heavy (non-hydrogen) atoms. The molecule has 1 aliphatic heterocycles. The Bertz CT molecular complexity index is 541. The van der Waals surface area contributed by atoms with Crippen molar-refractivity contribution in [3.63, 3.8) is 0 Å². The molecule has 0 spiro atoms. The van der Waals surface area contributed by atoms with Crippen LogP contribution in [-0.4, -0.2) is 34.4 Å². The Morgan fingerprint density at radius 3 is 2.88 bits per heavy atom. The first-order chi connectivity index (χ1) is 8.00. The predicted molar refractivity (Wildman–Crippen MR) is 67.5 cm³/mol. The van der Waals surface area contributed by atoms with E-state index in [0.717, 1.165) is 0 Å². The summed E-state index contributed by atoms with van der Waals surface area (Å²) in [6, 6.07) is -0.532. The number of piperazine rings is 1. The van der Waals surface area contributed by atoms with Crippen LogP contribution < -0.4 is 15.8 Å². The van der Waals surface area contributed by atoms with Crippen molar-refractivity contribution in [1.29, 1.82) is 0 Å².